The Labute approximate surface area is 118 Å². The number of piperidine rings is 1. The van der Waals surface area contributed by atoms with Crippen LogP contribution in [0.2, 0.25) is 0 Å². The SMILES string of the molecule is CN(C)C(=O)N(C)C1CCN(Cc2cncs2)CC1. The van der Waals surface area contributed by atoms with E-state index in [0.717, 1.165) is 32.5 Å². The maximum atomic E-state index is 11.9. The molecule has 0 aliphatic carbocycles. The zero-order chi connectivity index (χ0) is 13.8. The number of likely N-dealkylation sites (tertiary alicyclic amines) is 1. The van der Waals surface area contributed by atoms with Crippen molar-refractivity contribution < 1.29 is 4.79 Å². The molecule has 0 unspecified atom stereocenters. The average Bonchev–Trinajstić information content (AvgIpc) is 2.90. The van der Waals surface area contributed by atoms with Gasteiger partial charge in [0.15, 0.2) is 0 Å². The van der Waals surface area contributed by atoms with Gasteiger partial charge < -0.3 is 9.80 Å². The van der Waals surface area contributed by atoms with E-state index in [1.807, 2.05) is 23.7 Å². The molecular weight excluding hydrogens is 260 g/mol. The first-order valence-electron chi connectivity index (χ1n) is 6.61. The molecule has 2 rings (SSSR count). The second-order valence-electron chi connectivity index (χ2n) is 5.26. The van der Waals surface area contributed by atoms with Crippen molar-refractivity contribution in [3.8, 4) is 0 Å². The minimum Gasteiger partial charge on any atom is -0.331 e. The first kappa shape index (κ1) is 14.3. The van der Waals surface area contributed by atoms with Gasteiger partial charge in [0.05, 0.1) is 5.51 Å². The van der Waals surface area contributed by atoms with Crippen molar-refractivity contribution in [3.63, 3.8) is 0 Å². The van der Waals surface area contributed by atoms with E-state index in [0.29, 0.717) is 6.04 Å². The fraction of sp³-hybridized carbons (Fsp3) is 0.692. The Bertz CT molecular complexity index is 399. The highest BCUT2D eigenvalue weighted by molar-refractivity contribution is 7.09. The zero-order valence-corrected chi connectivity index (χ0v) is 12.7. The molecule has 0 radical (unpaired) electrons. The van der Waals surface area contributed by atoms with Crippen molar-refractivity contribution in [1.29, 1.82) is 0 Å². The smallest absolute Gasteiger partial charge is 0.319 e. The lowest BCUT2D eigenvalue weighted by Crippen LogP contribution is -2.48. The van der Waals surface area contributed by atoms with Crippen LogP contribution < -0.4 is 0 Å². The molecule has 5 nitrogen and oxygen atoms in total. The van der Waals surface area contributed by atoms with Gasteiger partial charge in [-0.05, 0) is 12.8 Å². The molecule has 0 N–H and O–H groups in total. The van der Waals surface area contributed by atoms with Crippen molar-refractivity contribution in [1.82, 2.24) is 19.7 Å². The van der Waals surface area contributed by atoms with Gasteiger partial charge in [0, 0.05) is 57.9 Å². The third-order valence-electron chi connectivity index (χ3n) is 3.65. The van der Waals surface area contributed by atoms with E-state index in [1.54, 1.807) is 30.3 Å². The van der Waals surface area contributed by atoms with Gasteiger partial charge in [-0.3, -0.25) is 9.88 Å². The average molecular weight is 282 g/mol. The number of thiazole rings is 1. The summed E-state index contributed by atoms with van der Waals surface area (Å²) in [4.78, 5) is 23.3. The van der Waals surface area contributed by atoms with Gasteiger partial charge in [0.2, 0.25) is 0 Å². The molecule has 106 valence electrons. The largest absolute Gasteiger partial charge is 0.331 e. The van der Waals surface area contributed by atoms with Crippen LogP contribution in [0.5, 0.6) is 0 Å². The van der Waals surface area contributed by atoms with Crippen LogP contribution in [0.1, 0.15) is 17.7 Å². The summed E-state index contributed by atoms with van der Waals surface area (Å²) in [5, 5.41) is 0. The minimum absolute atomic E-state index is 0.0981. The highest BCUT2D eigenvalue weighted by Gasteiger charge is 2.26. The third-order valence-corrected chi connectivity index (χ3v) is 4.42. The number of amides is 2. The lowest BCUT2D eigenvalue weighted by atomic mass is 10.0. The zero-order valence-electron chi connectivity index (χ0n) is 11.9. The molecule has 0 bridgehead atoms. The van der Waals surface area contributed by atoms with Gasteiger partial charge >= 0.3 is 6.03 Å². The van der Waals surface area contributed by atoms with Gasteiger partial charge in [0.25, 0.3) is 0 Å². The minimum atomic E-state index is 0.0981. The summed E-state index contributed by atoms with van der Waals surface area (Å²) in [6.45, 7) is 3.09. The lowest BCUT2D eigenvalue weighted by molar-refractivity contribution is 0.118. The summed E-state index contributed by atoms with van der Waals surface area (Å²) >= 11 is 1.71. The molecule has 0 saturated carbocycles. The van der Waals surface area contributed by atoms with Gasteiger partial charge in [0.1, 0.15) is 0 Å². The highest BCUT2D eigenvalue weighted by Crippen LogP contribution is 2.19. The number of nitrogens with zero attached hydrogens (tertiary/aromatic N) is 4. The van der Waals surface area contributed by atoms with E-state index >= 15 is 0 Å². The number of urea groups is 1. The summed E-state index contributed by atoms with van der Waals surface area (Å²) in [5.41, 5.74) is 1.88. The number of hydrogen-bond acceptors (Lipinski definition) is 4. The second kappa shape index (κ2) is 6.34. The Balaban J connectivity index is 1.80. The van der Waals surface area contributed by atoms with E-state index in [4.69, 9.17) is 0 Å². The van der Waals surface area contributed by atoms with Crippen molar-refractivity contribution in [3.05, 3.63) is 16.6 Å². The fourth-order valence-electron chi connectivity index (χ4n) is 2.48. The van der Waals surface area contributed by atoms with Crippen LogP contribution in [0.4, 0.5) is 4.79 Å². The van der Waals surface area contributed by atoms with Gasteiger partial charge in [-0.1, -0.05) is 0 Å². The Hall–Kier alpha value is -1.14. The van der Waals surface area contributed by atoms with Crippen molar-refractivity contribution in [2.24, 2.45) is 0 Å². The second-order valence-corrected chi connectivity index (χ2v) is 6.23. The predicted octanol–water partition coefficient (Wildman–Crippen LogP) is 1.72. The van der Waals surface area contributed by atoms with Crippen LogP contribution >= 0.6 is 11.3 Å². The van der Waals surface area contributed by atoms with Gasteiger partial charge in [-0.25, -0.2) is 4.79 Å². The van der Waals surface area contributed by atoms with Crippen LogP contribution in [0, 0.1) is 0 Å². The molecule has 1 fully saturated rings. The van der Waals surface area contributed by atoms with E-state index in [-0.39, 0.29) is 6.03 Å². The van der Waals surface area contributed by atoms with Crippen LogP contribution in [-0.2, 0) is 6.54 Å². The molecule has 0 spiro atoms. The van der Waals surface area contributed by atoms with E-state index in [9.17, 15) is 4.79 Å². The van der Waals surface area contributed by atoms with E-state index in [2.05, 4.69) is 9.88 Å². The van der Waals surface area contributed by atoms with Crippen LogP contribution in [0.25, 0.3) is 0 Å². The fourth-order valence-corrected chi connectivity index (χ4v) is 3.11. The maximum absolute atomic E-state index is 11.9. The van der Waals surface area contributed by atoms with Crippen LogP contribution in [0.15, 0.2) is 11.7 Å². The Kier molecular flexibility index (Phi) is 4.76. The molecular formula is C13H22N4OS. The standard InChI is InChI=1S/C13H22N4OS/c1-15(2)13(18)16(3)11-4-6-17(7-5-11)9-12-8-14-10-19-12/h8,10-11H,4-7,9H2,1-3H3. The third kappa shape index (κ3) is 3.67. The van der Waals surface area contributed by atoms with Crippen molar-refractivity contribution >= 4 is 17.4 Å². The normalized spacial score (nSPS) is 17.4. The van der Waals surface area contributed by atoms with Gasteiger partial charge in [-0.2, -0.15) is 0 Å². The summed E-state index contributed by atoms with van der Waals surface area (Å²) < 4.78 is 0. The molecule has 2 amide bonds. The molecule has 0 atom stereocenters. The number of rotatable bonds is 3. The molecule has 1 aromatic heterocycles. The molecule has 1 aromatic rings. The van der Waals surface area contributed by atoms with Crippen LogP contribution in [-0.4, -0.2) is 66.0 Å². The topological polar surface area (TPSA) is 39.7 Å². The number of carbonyl (C=O) groups is 1. The first-order valence-corrected chi connectivity index (χ1v) is 7.49. The van der Waals surface area contributed by atoms with Crippen molar-refractivity contribution in [2.75, 3.05) is 34.2 Å². The van der Waals surface area contributed by atoms with E-state index < -0.39 is 0 Å². The highest BCUT2D eigenvalue weighted by atomic mass is 32.1. The molecule has 1 aliphatic rings. The molecule has 2 heterocycles. The van der Waals surface area contributed by atoms with Gasteiger partial charge in [-0.15, -0.1) is 11.3 Å². The summed E-state index contributed by atoms with van der Waals surface area (Å²) in [6.07, 6.45) is 4.04. The summed E-state index contributed by atoms with van der Waals surface area (Å²) in [5.74, 6) is 0. The summed E-state index contributed by atoms with van der Waals surface area (Å²) in [7, 11) is 5.52. The Morgan fingerprint density at radius 2 is 2.11 bits per heavy atom. The first-order chi connectivity index (χ1) is 9.08. The quantitative estimate of drug-likeness (QED) is 0.847. The molecule has 19 heavy (non-hydrogen) atoms. The molecule has 0 aromatic carbocycles. The Morgan fingerprint density at radius 1 is 1.42 bits per heavy atom. The van der Waals surface area contributed by atoms with E-state index in [1.165, 1.54) is 4.88 Å². The van der Waals surface area contributed by atoms with Crippen LogP contribution in [0.3, 0.4) is 0 Å². The molecule has 1 saturated heterocycles. The Morgan fingerprint density at radius 3 is 2.63 bits per heavy atom. The van der Waals surface area contributed by atoms with Crippen molar-refractivity contribution in [2.45, 2.75) is 25.4 Å². The lowest BCUT2D eigenvalue weighted by Gasteiger charge is -2.37. The monoisotopic (exact) mass is 282 g/mol. The number of carbonyl (C=O) groups excluding carboxylic acids is 1. The maximum Gasteiger partial charge on any atom is 0.319 e. The number of aromatic nitrogens is 1. The molecule has 1 aliphatic heterocycles. The summed E-state index contributed by atoms with van der Waals surface area (Å²) in [6, 6.07) is 0.466. The predicted molar refractivity (Wildman–Crippen MR) is 77.3 cm³/mol. The number of hydrogen-bond donors (Lipinski definition) is 0. The molecule has 6 heteroatoms.